The molecule has 25 heavy (non-hydrogen) atoms. The van der Waals surface area contributed by atoms with Crippen molar-refractivity contribution in [3.8, 4) is 5.88 Å². The number of amides is 1. The van der Waals surface area contributed by atoms with Gasteiger partial charge in [0.2, 0.25) is 5.88 Å². The average Bonchev–Trinajstić information content (AvgIpc) is 2.65. The highest BCUT2D eigenvalue weighted by Crippen LogP contribution is 2.24. The Morgan fingerprint density at radius 1 is 1.12 bits per heavy atom. The molecule has 0 fully saturated rings. The molecular weight excluding hydrogens is 334 g/mol. The van der Waals surface area contributed by atoms with E-state index in [0.717, 1.165) is 16.5 Å². The molecule has 0 atom stereocenters. The normalized spacial score (nSPS) is 10.6. The minimum atomic E-state index is -0.186. The molecular formula is C19H19N3O2S. The summed E-state index contributed by atoms with van der Waals surface area (Å²) in [5.41, 5.74) is 3.05. The summed E-state index contributed by atoms with van der Waals surface area (Å²) in [5.74, 6) is 0.245. The lowest BCUT2D eigenvalue weighted by molar-refractivity contribution is -0.123. The van der Waals surface area contributed by atoms with Crippen molar-refractivity contribution in [3.05, 3.63) is 59.7 Å². The van der Waals surface area contributed by atoms with Crippen molar-refractivity contribution in [2.45, 2.75) is 18.6 Å². The second-order valence-corrected chi connectivity index (χ2v) is 6.36. The summed E-state index contributed by atoms with van der Waals surface area (Å²) in [5, 5.41) is 4.27. The number of thioether (sulfide) groups is 1. The van der Waals surface area contributed by atoms with Gasteiger partial charge in [0, 0.05) is 6.54 Å². The number of aryl methyl sites for hydroxylation is 1. The molecule has 0 aliphatic carbocycles. The Kier molecular flexibility index (Phi) is 5.50. The number of hydrogen-bond donors (Lipinski definition) is 1. The molecule has 5 nitrogen and oxygen atoms in total. The van der Waals surface area contributed by atoms with Crippen molar-refractivity contribution in [2.24, 2.45) is 0 Å². The molecule has 0 bridgehead atoms. The third-order valence-electron chi connectivity index (χ3n) is 3.68. The van der Waals surface area contributed by atoms with Gasteiger partial charge in [-0.25, -0.2) is 4.98 Å². The first-order chi connectivity index (χ1) is 12.2. The SMILES string of the molecule is CSc1nc(OCC(=O)NCc2ccc(C)cc2)c2ccccc2n1. The molecule has 1 N–H and O–H groups in total. The van der Waals surface area contributed by atoms with Gasteiger partial charge in [-0.05, 0) is 30.9 Å². The summed E-state index contributed by atoms with van der Waals surface area (Å²) in [4.78, 5) is 20.9. The molecule has 0 spiro atoms. The maximum absolute atomic E-state index is 12.1. The van der Waals surface area contributed by atoms with Crippen LogP contribution < -0.4 is 10.1 Å². The van der Waals surface area contributed by atoms with Crippen LogP contribution in [0.4, 0.5) is 0 Å². The largest absolute Gasteiger partial charge is 0.467 e. The summed E-state index contributed by atoms with van der Waals surface area (Å²) in [6.45, 7) is 2.43. The molecule has 0 aliphatic rings. The Balaban J connectivity index is 1.63. The maximum atomic E-state index is 12.1. The first kappa shape index (κ1) is 17.2. The van der Waals surface area contributed by atoms with Crippen LogP contribution in [0.1, 0.15) is 11.1 Å². The number of nitrogens with one attached hydrogen (secondary N) is 1. The Hall–Kier alpha value is -2.60. The fraction of sp³-hybridized carbons (Fsp3) is 0.211. The molecule has 2 aromatic carbocycles. The van der Waals surface area contributed by atoms with E-state index in [4.69, 9.17) is 4.74 Å². The van der Waals surface area contributed by atoms with E-state index in [0.29, 0.717) is 17.6 Å². The third kappa shape index (κ3) is 4.48. The van der Waals surface area contributed by atoms with Gasteiger partial charge in [0.1, 0.15) is 0 Å². The molecule has 1 heterocycles. The standard InChI is InChI=1S/C19H19N3O2S/c1-13-7-9-14(10-8-13)11-20-17(23)12-24-18-15-5-3-4-6-16(15)21-19(22-18)25-2/h3-10H,11-12H2,1-2H3,(H,20,23). The molecule has 3 rings (SSSR count). The van der Waals surface area contributed by atoms with E-state index >= 15 is 0 Å². The number of hydrogen-bond acceptors (Lipinski definition) is 5. The average molecular weight is 353 g/mol. The number of rotatable bonds is 6. The van der Waals surface area contributed by atoms with Gasteiger partial charge in [-0.1, -0.05) is 53.7 Å². The number of fused-ring (bicyclic) bond motifs is 1. The van der Waals surface area contributed by atoms with Gasteiger partial charge in [-0.2, -0.15) is 4.98 Å². The Bertz CT molecular complexity index is 881. The molecule has 6 heteroatoms. The molecule has 128 valence electrons. The Morgan fingerprint density at radius 3 is 2.64 bits per heavy atom. The van der Waals surface area contributed by atoms with Gasteiger partial charge in [-0.3, -0.25) is 4.79 Å². The fourth-order valence-electron chi connectivity index (χ4n) is 2.32. The minimum Gasteiger partial charge on any atom is -0.467 e. The van der Waals surface area contributed by atoms with Crippen LogP contribution in [0.3, 0.4) is 0 Å². The van der Waals surface area contributed by atoms with Crippen molar-refractivity contribution in [3.63, 3.8) is 0 Å². The van der Waals surface area contributed by atoms with E-state index in [1.54, 1.807) is 0 Å². The highest BCUT2D eigenvalue weighted by Gasteiger charge is 2.10. The van der Waals surface area contributed by atoms with Crippen LogP contribution in [0.2, 0.25) is 0 Å². The van der Waals surface area contributed by atoms with Crippen LogP contribution in [0.15, 0.2) is 53.7 Å². The smallest absolute Gasteiger partial charge is 0.258 e. The number of ether oxygens (including phenoxy) is 1. The summed E-state index contributed by atoms with van der Waals surface area (Å²) >= 11 is 1.44. The molecule has 0 radical (unpaired) electrons. The monoisotopic (exact) mass is 353 g/mol. The van der Waals surface area contributed by atoms with Crippen molar-refractivity contribution in [2.75, 3.05) is 12.9 Å². The number of nitrogens with zero attached hydrogens (tertiary/aromatic N) is 2. The van der Waals surface area contributed by atoms with E-state index in [-0.39, 0.29) is 12.5 Å². The third-order valence-corrected chi connectivity index (χ3v) is 4.23. The van der Waals surface area contributed by atoms with E-state index in [1.807, 2.05) is 61.7 Å². The van der Waals surface area contributed by atoms with Crippen LogP contribution in [-0.4, -0.2) is 28.7 Å². The molecule has 0 aliphatic heterocycles. The Morgan fingerprint density at radius 2 is 1.88 bits per heavy atom. The molecule has 1 amide bonds. The summed E-state index contributed by atoms with van der Waals surface area (Å²) in [6, 6.07) is 15.6. The van der Waals surface area contributed by atoms with Gasteiger partial charge in [0.05, 0.1) is 10.9 Å². The van der Waals surface area contributed by atoms with Crippen LogP contribution in [0, 0.1) is 6.92 Å². The first-order valence-corrected chi connectivity index (χ1v) is 9.14. The van der Waals surface area contributed by atoms with Crippen molar-refractivity contribution in [1.29, 1.82) is 0 Å². The predicted octanol–water partition coefficient (Wildman–Crippen LogP) is 3.36. The maximum Gasteiger partial charge on any atom is 0.258 e. The van der Waals surface area contributed by atoms with Gasteiger partial charge < -0.3 is 10.1 Å². The summed E-state index contributed by atoms with van der Waals surface area (Å²) in [6.07, 6.45) is 1.90. The number of benzene rings is 2. The highest BCUT2D eigenvalue weighted by atomic mass is 32.2. The lowest BCUT2D eigenvalue weighted by atomic mass is 10.1. The van der Waals surface area contributed by atoms with Crippen molar-refractivity contribution < 1.29 is 9.53 Å². The lowest BCUT2D eigenvalue weighted by Crippen LogP contribution is -2.28. The number of carbonyl (C=O) groups excluding carboxylic acids is 1. The van der Waals surface area contributed by atoms with Crippen LogP contribution in [0.5, 0.6) is 5.88 Å². The molecule has 0 unspecified atom stereocenters. The zero-order valence-corrected chi connectivity index (χ0v) is 15.0. The molecule has 0 saturated carbocycles. The van der Waals surface area contributed by atoms with E-state index < -0.39 is 0 Å². The quantitative estimate of drug-likeness (QED) is 0.544. The van der Waals surface area contributed by atoms with Gasteiger partial charge in [0.15, 0.2) is 11.8 Å². The number of aromatic nitrogens is 2. The first-order valence-electron chi connectivity index (χ1n) is 7.91. The van der Waals surface area contributed by atoms with Crippen LogP contribution in [0.25, 0.3) is 10.9 Å². The van der Waals surface area contributed by atoms with Crippen molar-refractivity contribution >= 4 is 28.6 Å². The number of carbonyl (C=O) groups is 1. The van der Waals surface area contributed by atoms with Crippen molar-refractivity contribution in [1.82, 2.24) is 15.3 Å². The second-order valence-electron chi connectivity index (χ2n) is 5.58. The van der Waals surface area contributed by atoms with Crippen LogP contribution in [-0.2, 0) is 11.3 Å². The van der Waals surface area contributed by atoms with Crippen LogP contribution >= 0.6 is 11.8 Å². The number of para-hydroxylation sites is 1. The van der Waals surface area contributed by atoms with E-state index in [1.165, 1.54) is 17.3 Å². The lowest BCUT2D eigenvalue weighted by Gasteiger charge is -2.10. The Labute approximate surface area is 150 Å². The highest BCUT2D eigenvalue weighted by molar-refractivity contribution is 7.98. The van der Waals surface area contributed by atoms with Gasteiger partial charge in [0.25, 0.3) is 5.91 Å². The second kappa shape index (κ2) is 7.98. The summed E-state index contributed by atoms with van der Waals surface area (Å²) < 4.78 is 5.65. The van der Waals surface area contributed by atoms with E-state index in [2.05, 4.69) is 15.3 Å². The van der Waals surface area contributed by atoms with Gasteiger partial charge >= 0.3 is 0 Å². The predicted molar refractivity (Wildman–Crippen MR) is 99.8 cm³/mol. The molecule has 0 saturated heterocycles. The molecule has 3 aromatic rings. The molecule has 1 aromatic heterocycles. The van der Waals surface area contributed by atoms with E-state index in [9.17, 15) is 4.79 Å². The summed E-state index contributed by atoms with van der Waals surface area (Å²) in [7, 11) is 0. The van der Waals surface area contributed by atoms with Gasteiger partial charge in [-0.15, -0.1) is 0 Å². The zero-order valence-electron chi connectivity index (χ0n) is 14.2. The fourth-order valence-corrected chi connectivity index (χ4v) is 2.68. The zero-order chi connectivity index (χ0) is 17.6. The minimum absolute atomic E-state index is 0.0826. The topological polar surface area (TPSA) is 64.1 Å².